The van der Waals surface area contributed by atoms with Gasteiger partial charge in [-0.25, -0.2) is 4.98 Å². The molecular formula is C25H29N3O6. The molecule has 1 amide bonds. The monoisotopic (exact) mass is 467 g/mol. The number of carbonyl (C=O) groups is 1. The molecule has 0 radical (unpaired) electrons. The Balaban J connectivity index is 1.42. The lowest BCUT2D eigenvalue weighted by atomic mass is 10.1. The predicted molar refractivity (Wildman–Crippen MR) is 127 cm³/mol. The molecule has 0 fully saturated rings. The van der Waals surface area contributed by atoms with Crippen LogP contribution in [0.2, 0.25) is 0 Å². The molecule has 2 heterocycles. The maximum absolute atomic E-state index is 12.9. The van der Waals surface area contributed by atoms with Crippen LogP contribution in [0.5, 0.6) is 23.0 Å². The van der Waals surface area contributed by atoms with Crippen LogP contribution in [0.1, 0.15) is 25.3 Å². The summed E-state index contributed by atoms with van der Waals surface area (Å²) < 4.78 is 23.5. The first-order chi connectivity index (χ1) is 16.5. The normalized spacial score (nSPS) is 12.4. The largest absolute Gasteiger partial charge is 0.493 e. The summed E-state index contributed by atoms with van der Waals surface area (Å²) in [4.78, 5) is 32.0. The van der Waals surface area contributed by atoms with E-state index in [0.29, 0.717) is 79.6 Å². The zero-order valence-corrected chi connectivity index (χ0v) is 19.7. The second-order valence-electron chi connectivity index (χ2n) is 7.92. The van der Waals surface area contributed by atoms with Gasteiger partial charge in [-0.05, 0) is 25.5 Å². The summed E-state index contributed by atoms with van der Waals surface area (Å²) in [5, 5.41) is 0.442. The number of fused-ring (bicyclic) bond motifs is 2. The van der Waals surface area contributed by atoms with Crippen molar-refractivity contribution in [1.82, 2.24) is 14.5 Å². The number of carbonyl (C=O) groups excluding carboxylic acids is 1. The second kappa shape index (κ2) is 10.5. The van der Waals surface area contributed by atoms with Gasteiger partial charge in [0.15, 0.2) is 23.0 Å². The summed E-state index contributed by atoms with van der Waals surface area (Å²) in [6.07, 6.45) is 2.34. The highest BCUT2D eigenvalue weighted by atomic mass is 16.6. The van der Waals surface area contributed by atoms with E-state index in [4.69, 9.17) is 18.9 Å². The van der Waals surface area contributed by atoms with Gasteiger partial charge in [0, 0.05) is 37.7 Å². The Morgan fingerprint density at radius 3 is 2.68 bits per heavy atom. The third kappa shape index (κ3) is 4.78. The van der Waals surface area contributed by atoms with E-state index >= 15 is 0 Å². The number of ether oxygens (including phenoxy) is 4. The standard InChI is InChI=1S/C25H29N3O6/c1-4-27(15-17-7-5-8-20-24(17)34-12-11-33-20)23(29)9-6-10-28-16-26-19-14-22(32-3)21(31-2)13-18(19)25(28)30/h5,7-8,13-14,16H,4,6,9-12,15H2,1-3H3. The van der Waals surface area contributed by atoms with Crippen LogP contribution in [0, 0.1) is 0 Å². The minimum Gasteiger partial charge on any atom is -0.493 e. The van der Waals surface area contributed by atoms with Crippen molar-refractivity contribution in [1.29, 1.82) is 0 Å². The number of nitrogens with zero attached hydrogens (tertiary/aromatic N) is 3. The highest BCUT2D eigenvalue weighted by molar-refractivity contribution is 5.81. The zero-order valence-electron chi connectivity index (χ0n) is 19.7. The summed E-state index contributed by atoms with van der Waals surface area (Å²) in [6, 6.07) is 9.05. The van der Waals surface area contributed by atoms with Crippen molar-refractivity contribution in [3.63, 3.8) is 0 Å². The van der Waals surface area contributed by atoms with Crippen LogP contribution in [0.15, 0.2) is 41.5 Å². The highest BCUT2D eigenvalue weighted by Crippen LogP contribution is 2.34. The Hall–Kier alpha value is -3.75. The molecule has 1 aromatic heterocycles. The van der Waals surface area contributed by atoms with E-state index in [1.54, 1.807) is 17.0 Å². The molecule has 0 saturated carbocycles. The Bertz CT molecular complexity index is 1240. The maximum Gasteiger partial charge on any atom is 0.261 e. The molecule has 180 valence electrons. The molecule has 1 aliphatic heterocycles. The van der Waals surface area contributed by atoms with Crippen molar-refractivity contribution in [2.24, 2.45) is 0 Å². The number of aromatic nitrogens is 2. The van der Waals surface area contributed by atoms with Crippen LogP contribution in [0.3, 0.4) is 0 Å². The summed E-state index contributed by atoms with van der Waals surface area (Å²) in [6.45, 7) is 4.37. The molecule has 34 heavy (non-hydrogen) atoms. The van der Waals surface area contributed by atoms with E-state index in [0.717, 1.165) is 5.56 Å². The molecular weight excluding hydrogens is 438 g/mol. The van der Waals surface area contributed by atoms with Gasteiger partial charge in [0.2, 0.25) is 5.91 Å². The van der Waals surface area contributed by atoms with Gasteiger partial charge in [-0.3, -0.25) is 14.2 Å². The SMILES string of the molecule is CCN(Cc1cccc2c1OCCO2)C(=O)CCCn1cnc2cc(OC)c(OC)cc2c1=O. The first-order valence-electron chi connectivity index (χ1n) is 11.3. The van der Waals surface area contributed by atoms with Gasteiger partial charge in [0.25, 0.3) is 5.56 Å². The van der Waals surface area contributed by atoms with Crippen LogP contribution in [-0.2, 0) is 17.9 Å². The smallest absolute Gasteiger partial charge is 0.261 e. The lowest BCUT2D eigenvalue weighted by Crippen LogP contribution is -2.31. The minimum absolute atomic E-state index is 0.0185. The third-order valence-electron chi connectivity index (χ3n) is 5.86. The van der Waals surface area contributed by atoms with Gasteiger partial charge in [0.05, 0.1) is 31.4 Å². The molecule has 0 spiro atoms. The Morgan fingerprint density at radius 1 is 1.15 bits per heavy atom. The third-order valence-corrected chi connectivity index (χ3v) is 5.86. The fourth-order valence-corrected chi connectivity index (χ4v) is 4.04. The van der Waals surface area contributed by atoms with Gasteiger partial charge in [0.1, 0.15) is 13.2 Å². The second-order valence-corrected chi connectivity index (χ2v) is 7.92. The van der Waals surface area contributed by atoms with E-state index in [-0.39, 0.29) is 11.5 Å². The fraction of sp³-hybridized carbons (Fsp3) is 0.400. The summed E-state index contributed by atoms with van der Waals surface area (Å²) in [5.41, 5.74) is 1.27. The van der Waals surface area contributed by atoms with Crippen LogP contribution in [0.25, 0.3) is 10.9 Å². The fourth-order valence-electron chi connectivity index (χ4n) is 4.04. The van der Waals surface area contributed by atoms with Gasteiger partial charge < -0.3 is 23.8 Å². The van der Waals surface area contributed by atoms with E-state index in [1.807, 2.05) is 25.1 Å². The average Bonchev–Trinajstić information content (AvgIpc) is 2.87. The van der Waals surface area contributed by atoms with Crippen molar-refractivity contribution in [3.8, 4) is 23.0 Å². The summed E-state index contributed by atoms with van der Waals surface area (Å²) in [7, 11) is 3.06. The lowest BCUT2D eigenvalue weighted by molar-refractivity contribution is -0.131. The van der Waals surface area contributed by atoms with Gasteiger partial charge >= 0.3 is 0 Å². The van der Waals surface area contributed by atoms with Crippen molar-refractivity contribution >= 4 is 16.8 Å². The molecule has 0 N–H and O–H groups in total. The Labute approximate surface area is 197 Å². The van der Waals surface area contributed by atoms with Crippen LogP contribution < -0.4 is 24.5 Å². The number of hydrogen-bond acceptors (Lipinski definition) is 7. The number of methoxy groups -OCH3 is 2. The Morgan fingerprint density at radius 2 is 1.91 bits per heavy atom. The molecule has 0 bridgehead atoms. The van der Waals surface area contributed by atoms with E-state index in [9.17, 15) is 9.59 Å². The molecule has 4 rings (SSSR count). The molecule has 0 saturated heterocycles. The predicted octanol–water partition coefficient (Wildman–Crippen LogP) is 3.01. The first kappa shape index (κ1) is 23.4. The van der Waals surface area contributed by atoms with Crippen LogP contribution >= 0.6 is 0 Å². The van der Waals surface area contributed by atoms with Crippen LogP contribution in [0.4, 0.5) is 0 Å². The topological polar surface area (TPSA) is 92.1 Å². The number of benzene rings is 2. The van der Waals surface area contributed by atoms with E-state index < -0.39 is 0 Å². The number of amides is 1. The van der Waals surface area contributed by atoms with Crippen molar-refractivity contribution in [2.75, 3.05) is 34.0 Å². The van der Waals surface area contributed by atoms with Gasteiger partial charge in [-0.15, -0.1) is 0 Å². The first-order valence-corrected chi connectivity index (χ1v) is 11.3. The number of hydrogen-bond donors (Lipinski definition) is 0. The van der Waals surface area contributed by atoms with E-state index in [2.05, 4.69) is 4.98 Å². The molecule has 9 nitrogen and oxygen atoms in total. The molecule has 0 atom stereocenters. The van der Waals surface area contributed by atoms with Gasteiger partial charge in [-0.2, -0.15) is 0 Å². The van der Waals surface area contributed by atoms with Crippen molar-refractivity contribution in [2.45, 2.75) is 32.9 Å². The number of aryl methyl sites for hydroxylation is 1. The lowest BCUT2D eigenvalue weighted by Gasteiger charge is -2.25. The molecule has 1 aliphatic rings. The van der Waals surface area contributed by atoms with Crippen LogP contribution in [-0.4, -0.2) is 54.3 Å². The Kier molecular flexibility index (Phi) is 7.20. The van der Waals surface area contributed by atoms with Gasteiger partial charge in [-0.1, -0.05) is 12.1 Å². The molecule has 9 heteroatoms. The average molecular weight is 468 g/mol. The minimum atomic E-state index is -0.182. The molecule has 0 aliphatic carbocycles. The van der Waals surface area contributed by atoms with Crippen molar-refractivity contribution < 1.29 is 23.7 Å². The van der Waals surface area contributed by atoms with Crippen molar-refractivity contribution in [3.05, 3.63) is 52.6 Å². The van der Waals surface area contributed by atoms with E-state index in [1.165, 1.54) is 25.1 Å². The maximum atomic E-state index is 12.9. The molecule has 3 aromatic rings. The quantitative estimate of drug-likeness (QED) is 0.478. The number of para-hydroxylation sites is 1. The molecule has 2 aromatic carbocycles. The molecule has 0 unspecified atom stereocenters. The number of rotatable bonds is 9. The highest BCUT2D eigenvalue weighted by Gasteiger charge is 2.19. The zero-order chi connectivity index (χ0) is 24.1. The summed E-state index contributed by atoms with van der Waals surface area (Å²) in [5.74, 6) is 2.43. The summed E-state index contributed by atoms with van der Waals surface area (Å²) >= 11 is 0.